The summed E-state index contributed by atoms with van der Waals surface area (Å²) in [6.45, 7) is 2.76. The number of benzene rings is 1. The first-order valence-electron chi connectivity index (χ1n) is 11.4. The topological polar surface area (TPSA) is 121 Å². The maximum Gasteiger partial charge on any atom is 0.256 e. The minimum Gasteiger partial charge on any atom is -0.363 e. The van der Waals surface area contributed by atoms with Gasteiger partial charge in [0.25, 0.3) is 5.91 Å². The predicted octanol–water partition coefficient (Wildman–Crippen LogP) is 1.93. The van der Waals surface area contributed by atoms with E-state index in [9.17, 15) is 22.4 Å². The van der Waals surface area contributed by atoms with E-state index in [1.165, 1.54) is 0 Å². The van der Waals surface area contributed by atoms with Gasteiger partial charge in [0.2, 0.25) is 5.91 Å². The summed E-state index contributed by atoms with van der Waals surface area (Å²) in [7, 11) is -4.00. The van der Waals surface area contributed by atoms with Crippen molar-refractivity contribution in [3.8, 4) is 0 Å². The molecular formula is C23H27F2N5O4S. The van der Waals surface area contributed by atoms with E-state index in [1.807, 2.05) is 6.92 Å². The van der Waals surface area contributed by atoms with E-state index in [0.29, 0.717) is 38.4 Å². The first kappa shape index (κ1) is 25.0. The van der Waals surface area contributed by atoms with E-state index in [4.69, 9.17) is 0 Å². The highest BCUT2D eigenvalue weighted by Crippen LogP contribution is 2.38. The Morgan fingerprint density at radius 3 is 2.54 bits per heavy atom. The van der Waals surface area contributed by atoms with Crippen molar-refractivity contribution < 1.29 is 26.8 Å². The minimum absolute atomic E-state index is 0.0941. The molecule has 2 N–H and O–H groups in total. The Morgan fingerprint density at radius 1 is 1.20 bits per heavy atom. The van der Waals surface area contributed by atoms with Crippen LogP contribution in [0, 0.1) is 11.6 Å². The highest BCUT2D eigenvalue weighted by atomic mass is 32.2. The summed E-state index contributed by atoms with van der Waals surface area (Å²) in [5.41, 5.74) is -1.17. The number of hydrogen-bond acceptors (Lipinski definition) is 7. The monoisotopic (exact) mass is 507 g/mol. The van der Waals surface area contributed by atoms with Crippen molar-refractivity contribution in [2.24, 2.45) is 0 Å². The van der Waals surface area contributed by atoms with Crippen LogP contribution in [0.1, 0.15) is 44.0 Å². The molecule has 0 saturated carbocycles. The molecule has 2 aromatic rings. The zero-order chi connectivity index (χ0) is 25.4. The molecule has 35 heavy (non-hydrogen) atoms. The van der Waals surface area contributed by atoms with Crippen LogP contribution >= 0.6 is 0 Å². The molecule has 2 aliphatic heterocycles. The van der Waals surface area contributed by atoms with Crippen LogP contribution in [0.2, 0.25) is 0 Å². The van der Waals surface area contributed by atoms with Crippen LogP contribution < -0.4 is 10.6 Å². The number of halogens is 2. The van der Waals surface area contributed by atoms with Crippen LogP contribution in [-0.4, -0.2) is 60.5 Å². The summed E-state index contributed by atoms with van der Waals surface area (Å²) in [5, 5.41) is 5.58. The predicted molar refractivity (Wildman–Crippen MR) is 123 cm³/mol. The average molecular weight is 508 g/mol. The Morgan fingerprint density at radius 2 is 1.91 bits per heavy atom. The molecule has 2 aliphatic rings. The molecular weight excluding hydrogens is 480 g/mol. The molecule has 1 aromatic heterocycles. The van der Waals surface area contributed by atoms with Gasteiger partial charge < -0.3 is 15.5 Å². The van der Waals surface area contributed by atoms with Gasteiger partial charge in [-0.15, -0.1) is 0 Å². The van der Waals surface area contributed by atoms with Gasteiger partial charge in [-0.3, -0.25) is 9.59 Å². The third-order valence-corrected chi connectivity index (χ3v) is 7.61. The molecule has 4 rings (SSSR count). The van der Waals surface area contributed by atoms with E-state index in [2.05, 4.69) is 20.6 Å². The Bertz CT molecular complexity index is 1260. The van der Waals surface area contributed by atoms with Gasteiger partial charge in [0.1, 0.15) is 16.5 Å². The molecule has 9 nitrogen and oxygen atoms in total. The van der Waals surface area contributed by atoms with Crippen LogP contribution in [0.3, 0.4) is 0 Å². The molecule has 0 unspecified atom stereocenters. The number of carbonyl (C=O) groups is 2. The van der Waals surface area contributed by atoms with Crippen molar-refractivity contribution in [2.75, 3.05) is 24.7 Å². The van der Waals surface area contributed by atoms with Crippen molar-refractivity contribution in [1.29, 1.82) is 0 Å². The van der Waals surface area contributed by atoms with E-state index in [-0.39, 0.29) is 36.3 Å². The summed E-state index contributed by atoms with van der Waals surface area (Å²) in [6, 6.07) is 0.980. The van der Waals surface area contributed by atoms with E-state index >= 15 is 4.39 Å². The summed E-state index contributed by atoms with van der Waals surface area (Å²) < 4.78 is 53.3. The number of hydrogen-bond donors (Lipinski definition) is 2. The lowest BCUT2D eigenvalue weighted by Crippen LogP contribution is -2.60. The lowest BCUT2D eigenvalue weighted by atomic mass is 9.84. The molecule has 0 spiro atoms. The molecule has 3 heterocycles. The van der Waals surface area contributed by atoms with Crippen LogP contribution in [-0.2, 0) is 31.4 Å². The van der Waals surface area contributed by atoms with Gasteiger partial charge in [-0.05, 0) is 37.3 Å². The number of carbonyl (C=O) groups excluding carboxylic acids is 2. The Hall–Kier alpha value is -3.15. The van der Waals surface area contributed by atoms with Gasteiger partial charge >= 0.3 is 0 Å². The maximum absolute atomic E-state index is 15.0. The van der Waals surface area contributed by atoms with Crippen molar-refractivity contribution in [2.45, 2.75) is 55.5 Å². The SMILES string of the molecule is CCc1cnc([C@]2(Nc3cc(F)c(S(C)(=O)=O)cc3F)CCCN([C@H]3CCNC(=O)C3)C2=O)nc1. The second kappa shape index (κ2) is 9.48. The number of aryl methyl sites for hydroxylation is 1. The van der Waals surface area contributed by atoms with E-state index in [0.717, 1.165) is 17.9 Å². The van der Waals surface area contributed by atoms with Crippen molar-refractivity contribution in [1.82, 2.24) is 20.2 Å². The number of nitrogens with zero attached hydrogens (tertiary/aromatic N) is 3. The molecule has 12 heteroatoms. The zero-order valence-electron chi connectivity index (χ0n) is 19.5. The van der Waals surface area contributed by atoms with Gasteiger partial charge in [0.05, 0.1) is 5.69 Å². The number of rotatable bonds is 6. The molecule has 2 fully saturated rings. The minimum atomic E-state index is -4.00. The van der Waals surface area contributed by atoms with Gasteiger partial charge in [-0.2, -0.15) is 0 Å². The number of anilines is 1. The molecule has 0 aliphatic carbocycles. The maximum atomic E-state index is 15.0. The Balaban J connectivity index is 1.79. The molecule has 188 valence electrons. The zero-order valence-corrected chi connectivity index (χ0v) is 20.3. The lowest BCUT2D eigenvalue weighted by Gasteiger charge is -2.45. The number of nitrogens with one attached hydrogen (secondary N) is 2. The number of aromatic nitrogens is 2. The molecule has 0 bridgehead atoms. The highest BCUT2D eigenvalue weighted by molar-refractivity contribution is 7.90. The third-order valence-electron chi connectivity index (χ3n) is 6.50. The van der Waals surface area contributed by atoms with Crippen molar-refractivity contribution in [3.63, 3.8) is 0 Å². The number of likely N-dealkylation sites (tertiary alicyclic amines) is 1. The largest absolute Gasteiger partial charge is 0.363 e. The second-order valence-corrected chi connectivity index (χ2v) is 10.9. The van der Waals surface area contributed by atoms with Crippen LogP contribution in [0.5, 0.6) is 0 Å². The van der Waals surface area contributed by atoms with Gasteiger partial charge in [-0.25, -0.2) is 27.2 Å². The van der Waals surface area contributed by atoms with Crippen molar-refractivity contribution in [3.05, 3.63) is 47.5 Å². The Kier molecular flexibility index (Phi) is 6.76. The quantitative estimate of drug-likeness (QED) is 0.613. The van der Waals surface area contributed by atoms with E-state index in [1.54, 1.807) is 17.3 Å². The van der Waals surface area contributed by atoms with Gasteiger partial charge in [-0.1, -0.05) is 6.92 Å². The number of amides is 2. The fraction of sp³-hybridized carbons (Fsp3) is 0.478. The van der Waals surface area contributed by atoms with E-state index < -0.39 is 37.8 Å². The average Bonchev–Trinajstić information content (AvgIpc) is 2.82. The molecule has 2 amide bonds. The summed E-state index contributed by atoms with van der Waals surface area (Å²) >= 11 is 0. The number of piperidine rings is 2. The van der Waals surface area contributed by atoms with Crippen LogP contribution in [0.4, 0.5) is 14.5 Å². The van der Waals surface area contributed by atoms with Crippen LogP contribution in [0.25, 0.3) is 0 Å². The molecule has 0 radical (unpaired) electrons. The second-order valence-electron chi connectivity index (χ2n) is 8.93. The van der Waals surface area contributed by atoms with Crippen LogP contribution in [0.15, 0.2) is 29.4 Å². The first-order valence-corrected chi connectivity index (χ1v) is 13.3. The fourth-order valence-electron chi connectivity index (χ4n) is 4.62. The molecule has 2 atom stereocenters. The van der Waals surface area contributed by atoms with Crippen molar-refractivity contribution >= 4 is 27.3 Å². The van der Waals surface area contributed by atoms with Gasteiger partial charge in [0.15, 0.2) is 21.2 Å². The normalized spacial score (nSPS) is 23.2. The Labute approximate surface area is 202 Å². The standard InChI is InChI=1S/C23H27F2N5O4S/c1-3-14-12-27-21(28-13-14)23(29-18-10-17(25)19(11-16(18)24)35(2,33)34)6-4-8-30(22(23)32)15-5-7-26-20(31)9-15/h10-13,15,29H,3-9H2,1-2H3,(H,26,31)/t15-,23+/m0/s1. The third kappa shape index (κ3) is 4.84. The number of sulfone groups is 1. The summed E-state index contributed by atoms with van der Waals surface area (Å²) in [6.07, 6.45) is 6.02. The smallest absolute Gasteiger partial charge is 0.256 e. The highest BCUT2D eigenvalue weighted by Gasteiger charge is 2.50. The first-order chi connectivity index (χ1) is 16.5. The summed E-state index contributed by atoms with van der Waals surface area (Å²) in [5.74, 6) is -2.68. The molecule has 2 saturated heterocycles. The lowest BCUT2D eigenvalue weighted by molar-refractivity contribution is -0.144. The van der Waals surface area contributed by atoms with Gasteiger partial charge in [0, 0.05) is 50.3 Å². The summed E-state index contributed by atoms with van der Waals surface area (Å²) in [4.78, 5) is 35.5. The fourth-order valence-corrected chi connectivity index (χ4v) is 5.36. The molecule has 1 aromatic carbocycles.